The van der Waals surface area contributed by atoms with E-state index in [9.17, 15) is 9.90 Å². The third-order valence-corrected chi connectivity index (χ3v) is 4.98. The van der Waals surface area contributed by atoms with Crippen LogP contribution in [0.3, 0.4) is 0 Å². The molecule has 0 spiro atoms. The van der Waals surface area contributed by atoms with Gasteiger partial charge in [0, 0.05) is 5.56 Å². The maximum atomic E-state index is 12.9. The first-order valence-electron chi connectivity index (χ1n) is 9.13. The van der Waals surface area contributed by atoms with Crippen LogP contribution in [0.15, 0.2) is 60.7 Å². The zero-order valence-corrected chi connectivity index (χ0v) is 14.6. The van der Waals surface area contributed by atoms with Crippen molar-refractivity contribution in [3.63, 3.8) is 0 Å². The van der Waals surface area contributed by atoms with Gasteiger partial charge in [0.05, 0.1) is 6.54 Å². The number of nitrogens with one attached hydrogen (secondary N) is 1. The van der Waals surface area contributed by atoms with Gasteiger partial charge in [-0.05, 0) is 43.9 Å². The molecule has 1 atom stereocenters. The van der Waals surface area contributed by atoms with Crippen LogP contribution in [-0.2, 0) is 0 Å². The van der Waals surface area contributed by atoms with Crippen LogP contribution in [0.2, 0.25) is 0 Å². The number of likely N-dealkylation sites (tertiary alicyclic amines) is 1. The Balaban J connectivity index is 1.79. The highest BCUT2D eigenvalue weighted by molar-refractivity contribution is 5.93. The van der Waals surface area contributed by atoms with Crippen LogP contribution < -0.4 is 10.5 Å². The van der Waals surface area contributed by atoms with Crippen LogP contribution in [0, 0.1) is 0 Å². The Hall–Kier alpha value is -2.17. The smallest absolute Gasteiger partial charge is 0.295 e. The minimum Gasteiger partial charge on any atom is -0.844 e. The lowest BCUT2D eigenvalue weighted by Crippen LogP contribution is -2.63. The molecule has 1 N–H and O–H groups in total. The second kappa shape index (κ2) is 8.28. The van der Waals surface area contributed by atoms with Crippen LogP contribution in [-0.4, -0.2) is 30.1 Å². The van der Waals surface area contributed by atoms with Gasteiger partial charge in [-0.25, -0.2) is 4.59 Å². The van der Waals surface area contributed by atoms with Crippen molar-refractivity contribution >= 4 is 5.91 Å². The summed E-state index contributed by atoms with van der Waals surface area (Å²) >= 11 is 0. The predicted octanol–water partition coefficient (Wildman–Crippen LogP) is 2.82. The molecule has 0 bridgehead atoms. The number of carbonyl (C=O) groups excluding carboxylic acids is 1. The molecule has 1 unspecified atom stereocenters. The van der Waals surface area contributed by atoms with E-state index in [1.807, 2.05) is 60.7 Å². The Morgan fingerprint density at radius 1 is 0.920 bits per heavy atom. The number of hydrogen-bond acceptors (Lipinski definition) is 2. The van der Waals surface area contributed by atoms with Gasteiger partial charge in [-0.15, -0.1) is 0 Å². The van der Waals surface area contributed by atoms with E-state index in [0.29, 0.717) is 16.7 Å². The molecular formula is C21H26N2O2. The van der Waals surface area contributed by atoms with Crippen molar-refractivity contribution in [3.05, 3.63) is 71.8 Å². The Kier molecular flexibility index (Phi) is 5.84. The maximum absolute atomic E-state index is 12.9. The molecule has 1 saturated heterocycles. The van der Waals surface area contributed by atoms with Crippen LogP contribution in [0.1, 0.15) is 47.7 Å². The fraction of sp³-hybridized carbons (Fsp3) is 0.381. The monoisotopic (exact) mass is 338 g/mol. The van der Waals surface area contributed by atoms with Crippen molar-refractivity contribution in [2.24, 2.45) is 0 Å². The summed E-state index contributed by atoms with van der Waals surface area (Å²) < 4.78 is 0.386. The lowest BCUT2D eigenvalue weighted by molar-refractivity contribution is -0.968. The van der Waals surface area contributed by atoms with Crippen LogP contribution in [0.5, 0.6) is 0 Å². The molecule has 1 aliphatic rings. The van der Waals surface area contributed by atoms with Gasteiger partial charge < -0.3 is 5.11 Å². The summed E-state index contributed by atoms with van der Waals surface area (Å²) in [6, 6.07) is 18.7. The molecule has 0 aromatic heterocycles. The highest BCUT2D eigenvalue weighted by Gasteiger charge is 2.32. The minimum atomic E-state index is -0.838. The summed E-state index contributed by atoms with van der Waals surface area (Å²) in [5.74, 6) is -0.0947. The number of quaternary nitrogens is 1. The predicted molar refractivity (Wildman–Crippen MR) is 96.4 cm³/mol. The molecule has 3 rings (SSSR count). The molecule has 0 aliphatic carbocycles. The summed E-state index contributed by atoms with van der Waals surface area (Å²) in [5, 5.41) is 12.9. The summed E-state index contributed by atoms with van der Waals surface area (Å²) in [4.78, 5) is 12.7. The SMILES string of the molecule is O=C(N[N+]1(CC([O-])c2ccccc2)CCCCCC1)c1ccccc1. The molecule has 4 heteroatoms. The molecule has 132 valence electrons. The first kappa shape index (κ1) is 17.6. The topological polar surface area (TPSA) is 52.2 Å². The number of amides is 1. The lowest BCUT2D eigenvalue weighted by atomic mass is 10.1. The number of carbonyl (C=O) groups is 1. The largest absolute Gasteiger partial charge is 0.844 e. The first-order chi connectivity index (χ1) is 12.2. The molecule has 2 aromatic rings. The fourth-order valence-electron chi connectivity index (χ4n) is 3.59. The average molecular weight is 338 g/mol. The molecule has 1 amide bonds. The Labute approximate surface area is 149 Å². The molecule has 0 saturated carbocycles. The highest BCUT2D eigenvalue weighted by atomic mass is 16.3. The van der Waals surface area contributed by atoms with Crippen LogP contribution >= 0.6 is 0 Å². The summed E-state index contributed by atoms with van der Waals surface area (Å²) in [7, 11) is 0. The van der Waals surface area contributed by atoms with Gasteiger partial charge >= 0.3 is 0 Å². The fourth-order valence-corrected chi connectivity index (χ4v) is 3.59. The number of rotatable bonds is 5. The van der Waals surface area contributed by atoms with Crippen molar-refractivity contribution in [1.82, 2.24) is 5.43 Å². The van der Waals surface area contributed by atoms with E-state index in [1.54, 1.807) is 0 Å². The van der Waals surface area contributed by atoms with Crippen molar-refractivity contribution in [3.8, 4) is 0 Å². The summed E-state index contributed by atoms with van der Waals surface area (Å²) in [6.45, 7) is 2.04. The van der Waals surface area contributed by atoms with E-state index in [4.69, 9.17) is 0 Å². The summed E-state index contributed by atoms with van der Waals surface area (Å²) in [5.41, 5.74) is 4.62. The number of benzene rings is 2. The Morgan fingerprint density at radius 2 is 1.48 bits per heavy atom. The normalized spacial score (nSPS) is 18.1. The third-order valence-electron chi connectivity index (χ3n) is 4.98. The van der Waals surface area contributed by atoms with Crippen LogP contribution in [0.25, 0.3) is 0 Å². The summed E-state index contributed by atoms with van der Waals surface area (Å²) in [6.07, 6.45) is 3.56. The quantitative estimate of drug-likeness (QED) is 0.852. The molecule has 1 heterocycles. The maximum Gasteiger partial charge on any atom is 0.295 e. The van der Waals surface area contributed by atoms with E-state index < -0.39 is 6.10 Å². The van der Waals surface area contributed by atoms with Gasteiger partial charge in [-0.3, -0.25) is 4.79 Å². The van der Waals surface area contributed by atoms with Gasteiger partial charge in [-0.2, -0.15) is 5.43 Å². The van der Waals surface area contributed by atoms with Crippen LogP contribution in [0.4, 0.5) is 0 Å². The van der Waals surface area contributed by atoms with Gasteiger partial charge in [0.15, 0.2) is 0 Å². The van der Waals surface area contributed by atoms with E-state index in [1.165, 1.54) is 0 Å². The third kappa shape index (κ3) is 4.68. The Bertz CT molecular complexity index is 665. The molecular weight excluding hydrogens is 312 g/mol. The van der Waals surface area contributed by atoms with E-state index in [0.717, 1.165) is 44.3 Å². The molecule has 0 radical (unpaired) electrons. The first-order valence-corrected chi connectivity index (χ1v) is 9.13. The molecule has 1 aliphatic heterocycles. The van der Waals surface area contributed by atoms with Crippen molar-refractivity contribution < 1.29 is 14.5 Å². The highest BCUT2D eigenvalue weighted by Crippen LogP contribution is 2.21. The average Bonchev–Trinajstić information content (AvgIpc) is 2.88. The Morgan fingerprint density at radius 3 is 2.08 bits per heavy atom. The number of nitrogens with zero attached hydrogens (tertiary/aromatic N) is 1. The van der Waals surface area contributed by atoms with Gasteiger partial charge in [0.1, 0.15) is 13.1 Å². The van der Waals surface area contributed by atoms with Gasteiger partial charge in [0.25, 0.3) is 5.91 Å². The van der Waals surface area contributed by atoms with E-state index >= 15 is 0 Å². The van der Waals surface area contributed by atoms with E-state index in [-0.39, 0.29) is 5.91 Å². The second-order valence-electron chi connectivity index (χ2n) is 6.90. The zero-order chi connectivity index (χ0) is 17.5. The van der Waals surface area contributed by atoms with Gasteiger partial charge in [-0.1, -0.05) is 54.1 Å². The molecule has 25 heavy (non-hydrogen) atoms. The minimum absolute atomic E-state index is 0.0947. The lowest BCUT2D eigenvalue weighted by Gasteiger charge is -2.41. The second-order valence-corrected chi connectivity index (χ2v) is 6.90. The molecule has 4 nitrogen and oxygen atoms in total. The van der Waals surface area contributed by atoms with Crippen molar-refractivity contribution in [2.45, 2.75) is 31.8 Å². The van der Waals surface area contributed by atoms with Crippen molar-refractivity contribution in [1.29, 1.82) is 0 Å². The number of hydrogen-bond donors (Lipinski definition) is 1. The standard InChI is InChI=1S/C21H26N2O2/c24-20(18-11-5-3-6-12-18)17-23(15-9-1-2-10-16-23)22-21(25)19-13-7-4-8-14-19/h3-8,11-14,20H,1-2,9-10,15-17H2,(H,22,25). The molecule has 2 aromatic carbocycles. The van der Waals surface area contributed by atoms with E-state index in [2.05, 4.69) is 5.43 Å². The molecule has 1 fully saturated rings. The zero-order valence-electron chi connectivity index (χ0n) is 14.6. The van der Waals surface area contributed by atoms with Gasteiger partial charge in [0.2, 0.25) is 0 Å². The van der Waals surface area contributed by atoms with Crippen molar-refractivity contribution in [2.75, 3.05) is 19.6 Å².